The summed E-state index contributed by atoms with van der Waals surface area (Å²) in [5, 5.41) is 2.75. The molecule has 1 N–H and O–H groups in total. The smallest absolute Gasteiger partial charge is 0.126 e. The molecule has 0 radical (unpaired) electrons. The van der Waals surface area contributed by atoms with E-state index >= 15 is 0 Å². The Morgan fingerprint density at radius 1 is 1.24 bits per heavy atom. The first-order valence-corrected chi connectivity index (χ1v) is 5.93. The zero-order valence-corrected chi connectivity index (χ0v) is 11.8. The van der Waals surface area contributed by atoms with Crippen molar-refractivity contribution in [2.45, 2.75) is 33.1 Å². The minimum atomic E-state index is -0.0816. The molecule has 0 saturated heterocycles. The lowest BCUT2D eigenvalue weighted by Gasteiger charge is -2.07. The van der Waals surface area contributed by atoms with Crippen LogP contribution in [-0.2, 0) is 6.42 Å². The molecule has 1 nitrogen and oxygen atoms in total. The van der Waals surface area contributed by atoms with Gasteiger partial charge in [0.15, 0.2) is 0 Å². The Morgan fingerprint density at radius 2 is 1.71 bits per heavy atom. The molecule has 0 spiro atoms. The van der Waals surface area contributed by atoms with Gasteiger partial charge in [-0.1, -0.05) is 32.9 Å². The summed E-state index contributed by atoms with van der Waals surface area (Å²) in [4.78, 5) is 0. The van der Waals surface area contributed by atoms with E-state index in [-0.39, 0.29) is 5.82 Å². The molecule has 0 unspecified atom stereocenters. The molecule has 1 aromatic rings. The first kappa shape index (κ1) is 18.2. The van der Waals surface area contributed by atoms with Crippen molar-refractivity contribution < 1.29 is 4.39 Å². The van der Waals surface area contributed by atoms with Gasteiger partial charge in [0, 0.05) is 0 Å². The molecule has 0 fully saturated rings. The Balaban J connectivity index is 0. The normalized spacial score (nSPS) is 8.88. The minimum absolute atomic E-state index is 0.0816. The molecular weight excluding hydrogens is 213 g/mol. The van der Waals surface area contributed by atoms with Gasteiger partial charge in [0.1, 0.15) is 5.82 Å². The van der Waals surface area contributed by atoms with E-state index in [1.807, 2.05) is 33.2 Å². The highest BCUT2D eigenvalue weighted by Gasteiger charge is 2.03. The zero-order chi connectivity index (χ0) is 13.8. The van der Waals surface area contributed by atoms with Gasteiger partial charge in [-0.15, -0.1) is 13.2 Å². The molecular formula is C15H26FN. The third-order valence-electron chi connectivity index (χ3n) is 2.12. The van der Waals surface area contributed by atoms with Crippen molar-refractivity contribution in [3.63, 3.8) is 0 Å². The average Bonchev–Trinajstić information content (AvgIpc) is 2.33. The van der Waals surface area contributed by atoms with Crippen LogP contribution in [-0.4, -0.2) is 14.1 Å². The summed E-state index contributed by atoms with van der Waals surface area (Å²) in [5.74, 6) is 0.401. The monoisotopic (exact) mass is 239 g/mol. The summed E-state index contributed by atoms with van der Waals surface area (Å²) in [7, 11) is 3.75. The molecule has 1 aromatic carbocycles. The molecule has 17 heavy (non-hydrogen) atoms. The van der Waals surface area contributed by atoms with Crippen LogP contribution in [0.1, 0.15) is 37.8 Å². The maximum Gasteiger partial charge on any atom is 0.126 e. The summed E-state index contributed by atoms with van der Waals surface area (Å²) in [6.45, 7) is 12.2. The van der Waals surface area contributed by atoms with Gasteiger partial charge in [0.25, 0.3) is 0 Å². The van der Waals surface area contributed by atoms with Crippen molar-refractivity contribution in [1.82, 2.24) is 5.32 Å². The van der Waals surface area contributed by atoms with Crippen molar-refractivity contribution in [2.24, 2.45) is 0 Å². The largest absolute Gasteiger partial charge is 0.323 e. The van der Waals surface area contributed by atoms with Gasteiger partial charge in [-0.25, -0.2) is 4.39 Å². The van der Waals surface area contributed by atoms with Crippen LogP contribution in [0.2, 0.25) is 0 Å². The maximum absolute atomic E-state index is 13.0. The third-order valence-corrected chi connectivity index (χ3v) is 2.12. The summed E-state index contributed by atoms with van der Waals surface area (Å²) >= 11 is 0. The van der Waals surface area contributed by atoms with Crippen LogP contribution in [0.25, 0.3) is 0 Å². The molecule has 0 heterocycles. The van der Waals surface area contributed by atoms with Crippen molar-refractivity contribution in [3.05, 3.63) is 48.3 Å². The predicted molar refractivity (Wildman–Crippen MR) is 76.1 cm³/mol. The molecule has 0 aliphatic carbocycles. The zero-order valence-electron chi connectivity index (χ0n) is 11.8. The summed E-state index contributed by atoms with van der Waals surface area (Å²) in [6.07, 6.45) is 0.770. The topological polar surface area (TPSA) is 12.0 Å². The van der Waals surface area contributed by atoms with E-state index in [9.17, 15) is 4.39 Å². The average molecular weight is 239 g/mol. The SMILES string of the molecule is C=C.CCc1cc(C(C)C)ccc1F.CNC. The predicted octanol–water partition coefficient (Wildman–Crippen LogP) is 4.15. The Kier molecular flexibility index (Phi) is 12.2. The molecule has 0 aliphatic rings. The maximum atomic E-state index is 13.0. The lowest BCUT2D eigenvalue weighted by molar-refractivity contribution is 0.610. The van der Waals surface area contributed by atoms with Gasteiger partial charge in [0.05, 0.1) is 0 Å². The van der Waals surface area contributed by atoms with E-state index in [0.717, 1.165) is 12.0 Å². The van der Waals surface area contributed by atoms with E-state index in [4.69, 9.17) is 0 Å². The highest BCUT2D eigenvalue weighted by molar-refractivity contribution is 5.27. The fourth-order valence-electron chi connectivity index (χ4n) is 1.22. The second kappa shape index (κ2) is 11.3. The van der Waals surface area contributed by atoms with Crippen LogP contribution >= 0.6 is 0 Å². The van der Waals surface area contributed by atoms with Crippen LogP contribution in [0.5, 0.6) is 0 Å². The van der Waals surface area contributed by atoms with Crippen molar-refractivity contribution >= 4 is 0 Å². The van der Waals surface area contributed by atoms with Gasteiger partial charge >= 0.3 is 0 Å². The van der Waals surface area contributed by atoms with Crippen LogP contribution in [0.4, 0.5) is 4.39 Å². The molecule has 0 aliphatic heterocycles. The van der Waals surface area contributed by atoms with E-state index in [1.165, 1.54) is 5.56 Å². The van der Waals surface area contributed by atoms with E-state index in [0.29, 0.717) is 5.92 Å². The first-order valence-electron chi connectivity index (χ1n) is 5.93. The quantitative estimate of drug-likeness (QED) is 0.764. The molecule has 98 valence electrons. The highest BCUT2D eigenvalue weighted by Crippen LogP contribution is 2.18. The summed E-state index contributed by atoms with van der Waals surface area (Å²) < 4.78 is 13.0. The van der Waals surface area contributed by atoms with E-state index in [1.54, 1.807) is 6.07 Å². The molecule has 1 rings (SSSR count). The first-order chi connectivity index (χ1) is 8.06. The third kappa shape index (κ3) is 7.70. The van der Waals surface area contributed by atoms with Crippen LogP contribution in [0.3, 0.4) is 0 Å². The lowest BCUT2D eigenvalue weighted by atomic mass is 10.00. The van der Waals surface area contributed by atoms with Gasteiger partial charge in [0.2, 0.25) is 0 Å². The Hall–Kier alpha value is -1.15. The van der Waals surface area contributed by atoms with Crippen molar-refractivity contribution in [2.75, 3.05) is 14.1 Å². The molecule has 0 bridgehead atoms. The molecule has 0 aromatic heterocycles. The molecule has 0 saturated carbocycles. The van der Waals surface area contributed by atoms with Crippen molar-refractivity contribution in [1.29, 1.82) is 0 Å². The van der Waals surface area contributed by atoms with Gasteiger partial charge in [-0.2, -0.15) is 0 Å². The lowest BCUT2D eigenvalue weighted by Crippen LogP contribution is -1.93. The molecule has 2 heteroatoms. The van der Waals surface area contributed by atoms with Gasteiger partial charge < -0.3 is 5.32 Å². The number of nitrogens with one attached hydrogen (secondary N) is 1. The van der Waals surface area contributed by atoms with Crippen LogP contribution in [0, 0.1) is 5.82 Å². The van der Waals surface area contributed by atoms with Gasteiger partial charge in [-0.3, -0.25) is 0 Å². The number of aryl methyl sites for hydroxylation is 1. The van der Waals surface area contributed by atoms with Crippen molar-refractivity contribution in [3.8, 4) is 0 Å². The Morgan fingerprint density at radius 3 is 2.06 bits per heavy atom. The number of rotatable bonds is 2. The molecule has 0 amide bonds. The minimum Gasteiger partial charge on any atom is -0.323 e. The summed E-state index contributed by atoms with van der Waals surface area (Å²) in [5.41, 5.74) is 2.04. The number of hydrogen-bond acceptors (Lipinski definition) is 1. The fraction of sp³-hybridized carbons (Fsp3) is 0.467. The summed E-state index contributed by atoms with van der Waals surface area (Å²) in [6, 6.07) is 5.38. The fourth-order valence-corrected chi connectivity index (χ4v) is 1.22. The second-order valence-corrected chi connectivity index (χ2v) is 3.86. The van der Waals surface area contributed by atoms with E-state index < -0.39 is 0 Å². The van der Waals surface area contributed by atoms with Crippen LogP contribution in [0.15, 0.2) is 31.4 Å². The number of halogens is 1. The number of hydrogen-bond donors (Lipinski definition) is 1. The van der Waals surface area contributed by atoms with E-state index in [2.05, 4.69) is 32.3 Å². The Labute approximate surface area is 106 Å². The second-order valence-electron chi connectivity index (χ2n) is 3.86. The Bertz CT molecular complexity index is 295. The standard InChI is InChI=1S/C11H15F.C2H7N.C2H4/c1-4-9-7-10(8(2)3)5-6-11(9)12;1-3-2;1-2/h5-8H,4H2,1-3H3;3H,1-2H3;1-2H2. The highest BCUT2D eigenvalue weighted by atomic mass is 19.1. The molecule has 0 atom stereocenters. The number of benzene rings is 1. The van der Waals surface area contributed by atoms with Gasteiger partial charge in [-0.05, 0) is 43.6 Å². The van der Waals surface area contributed by atoms with Crippen LogP contribution < -0.4 is 5.32 Å².